The maximum absolute atomic E-state index is 12.7. The molecule has 0 aromatic rings. The van der Waals surface area contributed by atoms with Gasteiger partial charge in [0.25, 0.3) is 0 Å². The minimum absolute atomic E-state index is 0.0690. The summed E-state index contributed by atoms with van der Waals surface area (Å²) in [4.78, 5) is 37.7. The average molecular weight is 749 g/mol. The molecule has 53 heavy (non-hydrogen) atoms. The molecular weight excluding hydrogens is 661 g/mol. The Hall–Kier alpha value is -1.85. The third-order valence-electron chi connectivity index (χ3n) is 10.3. The van der Waals surface area contributed by atoms with Crippen LogP contribution in [0.15, 0.2) is 12.2 Å². The standard InChI is InChI=1S/C47H88O6/c1-4-7-10-13-16-19-22-23-24-26-28-31-34-37-40-46(49)52-43-44(42-51-45(48)39-36-33-30-27-21-18-15-12-9-6-3)53-47(50)41-38-35-32-29-25-20-17-14-11-8-5-2/h14,17,44H,4-13,15-16,18-43H2,1-3H3/b17-14-. The van der Waals surface area contributed by atoms with Gasteiger partial charge in [-0.2, -0.15) is 0 Å². The monoisotopic (exact) mass is 749 g/mol. The zero-order valence-corrected chi connectivity index (χ0v) is 35.6. The third-order valence-corrected chi connectivity index (χ3v) is 10.3. The van der Waals surface area contributed by atoms with Gasteiger partial charge in [0, 0.05) is 19.3 Å². The predicted molar refractivity (Wildman–Crippen MR) is 224 cm³/mol. The summed E-state index contributed by atoms with van der Waals surface area (Å²) >= 11 is 0. The lowest BCUT2D eigenvalue weighted by atomic mass is 10.0. The van der Waals surface area contributed by atoms with Gasteiger partial charge in [-0.3, -0.25) is 14.4 Å². The van der Waals surface area contributed by atoms with Crippen LogP contribution in [-0.4, -0.2) is 37.2 Å². The van der Waals surface area contributed by atoms with E-state index in [0.29, 0.717) is 19.3 Å². The zero-order valence-electron chi connectivity index (χ0n) is 35.6. The van der Waals surface area contributed by atoms with Crippen molar-refractivity contribution in [1.29, 1.82) is 0 Å². The first-order valence-electron chi connectivity index (χ1n) is 23.2. The van der Waals surface area contributed by atoms with Gasteiger partial charge in [0.05, 0.1) is 0 Å². The molecular formula is C47H88O6. The fraction of sp³-hybridized carbons (Fsp3) is 0.894. The molecule has 0 saturated carbocycles. The Labute approximate surface area is 329 Å². The van der Waals surface area contributed by atoms with Crippen molar-refractivity contribution in [2.75, 3.05) is 13.2 Å². The van der Waals surface area contributed by atoms with E-state index in [1.807, 2.05) is 0 Å². The molecule has 312 valence electrons. The van der Waals surface area contributed by atoms with Crippen molar-refractivity contribution >= 4 is 17.9 Å². The second kappa shape index (κ2) is 42.9. The number of unbranched alkanes of at least 4 members (excludes halogenated alkanes) is 29. The number of carbonyl (C=O) groups excluding carboxylic acids is 3. The van der Waals surface area contributed by atoms with Crippen molar-refractivity contribution in [3.05, 3.63) is 12.2 Å². The molecule has 1 unspecified atom stereocenters. The average Bonchev–Trinajstić information content (AvgIpc) is 3.15. The third kappa shape index (κ3) is 41.2. The summed E-state index contributed by atoms with van der Waals surface area (Å²) in [7, 11) is 0. The largest absolute Gasteiger partial charge is 0.462 e. The van der Waals surface area contributed by atoms with E-state index in [0.717, 1.165) is 64.2 Å². The molecule has 0 bridgehead atoms. The maximum atomic E-state index is 12.7. The van der Waals surface area contributed by atoms with E-state index in [-0.39, 0.29) is 31.1 Å². The van der Waals surface area contributed by atoms with Crippen LogP contribution < -0.4 is 0 Å². The summed E-state index contributed by atoms with van der Waals surface area (Å²) in [6.07, 6.45) is 44.7. The molecule has 0 saturated heterocycles. The van der Waals surface area contributed by atoms with Crippen molar-refractivity contribution < 1.29 is 28.6 Å². The lowest BCUT2D eigenvalue weighted by Gasteiger charge is -2.18. The Bertz CT molecular complexity index is 824. The van der Waals surface area contributed by atoms with E-state index in [4.69, 9.17) is 14.2 Å². The molecule has 0 aliphatic heterocycles. The van der Waals surface area contributed by atoms with Crippen LogP contribution in [0.3, 0.4) is 0 Å². The second-order valence-electron chi connectivity index (χ2n) is 15.7. The van der Waals surface area contributed by atoms with Crippen LogP contribution in [0.25, 0.3) is 0 Å². The van der Waals surface area contributed by atoms with Gasteiger partial charge in [0.15, 0.2) is 6.10 Å². The van der Waals surface area contributed by atoms with E-state index < -0.39 is 6.10 Å². The number of ether oxygens (including phenoxy) is 3. The molecule has 0 heterocycles. The molecule has 0 amide bonds. The first kappa shape index (κ1) is 51.1. The molecule has 0 N–H and O–H groups in total. The van der Waals surface area contributed by atoms with Crippen LogP contribution >= 0.6 is 0 Å². The molecule has 1 atom stereocenters. The van der Waals surface area contributed by atoms with Crippen LogP contribution in [0.2, 0.25) is 0 Å². The molecule has 0 aromatic heterocycles. The lowest BCUT2D eigenvalue weighted by molar-refractivity contribution is -0.167. The van der Waals surface area contributed by atoms with Crippen LogP contribution in [0.1, 0.15) is 252 Å². The molecule has 0 aliphatic carbocycles. The fourth-order valence-electron chi connectivity index (χ4n) is 6.72. The topological polar surface area (TPSA) is 78.9 Å². The Kier molecular flexibility index (Phi) is 41.4. The van der Waals surface area contributed by atoms with Crippen molar-refractivity contribution in [1.82, 2.24) is 0 Å². The number of hydrogen-bond acceptors (Lipinski definition) is 6. The van der Waals surface area contributed by atoms with Gasteiger partial charge in [0.2, 0.25) is 0 Å². The highest BCUT2D eigenvalue weighted by Crippen LogP contribution is 2.15. The van der Waals surface area contributed by atoms with Gasteiger partial charge in [-0.25, -0.2) is 0 Å². The number of allylic oxidation sites excluding steroid dienone is 2. The summed E-state index contributed by atoms with van der Waals surface area (Å²) < 4.78 is 16.7. The van der Waals surface area contributed by atoms with Crippen LogP contribution in [0.4, 0.5) is 0 Å². The van der Waals surface area contributed by atoms with Gasteiger partial charge in [-0.05, 0) is 38.5 Å². The van der Waals surface area contributed by atoms with Gasteiger partial charge >= 0.3 is 17.9 Å². The molecule has 0 aliphatic rings. The van der Waals surface area contributed by atoms with Crippen molar-refractivity contribution in [2.45, 2.75) is 258 Å². The van der Waals surface area contributed by atoms with Crippen molar-refractivity contribution in [3.63, 3.8) is 0 Å². The first-order chi connectivity index (χ1) is 26.0. The highest BCUT2D eigenvalue weighted by Gasteiger charge is 2.19. The minimum atomic E-state index is -0.765. The Morgan fingerprint density at radius 3 is 1.00 bits per heavy atom. The van der Waals surface area contributed by atoms with Crippen molar-refractivity contribution in [2.24, 2.45) is 0 Å². The number of carbonyl (C=O) groups is 3. The summed E-state index contributed by atoms with van der Waals surface area (Å²) in [6, 6.07) is 0. The summed E-state index contributed by atoms with van der Waals surface area (Å²) in [5, 5.41) is 0. The quantitative estimate of drug-likeness (QED) is 0.0268. The summed E-state index contributed by atoms with van der Waals surface area (Å²) in [5.74, 6) is -0.871. The Morgan fingerprint density at radius 1 is 0.358 bits per heavy atom. The van der Waals surface area contributed by atoms with Crippen LogP contribution in [0, 0.1) is 0 Å². The number of rotatable bonds is 42. The van der Waals surface area contributed by atoms with Gasteiger partial charge < -0.3 is 14.2 Å². The first-order valence-corrected chi connectivity index (χ1v) is 23.2. The zero-order chi connectivity index (χ0) is 38.7. The van der Waals surface area contributed by atoms with Gasteiger partial charge in [0.1, 0.15) is 13.2 Å². The predicted octanol–water partition coefficient (Wildman–Crippen LogP) is 14.6. The van der Waals surface area contributed by atoms with Crippen LogP contribution in [-0.2, 0) is 28.6 Å². The second-order valence-corrected chi connectivity index (χ2v) is 15.7. The molecule has 0 spiro atoms. The maximum Gasteiger partial charge on any atom is 0.306 e. The van der Waals surface area contributed by atoms with E-state index in [9.17, 15) is 14.4 Å². The fourth-order valence-corrected chi connectivity index (χ4v) is 6.72. The van der Waals surface area contributed by atoms with E-state index in [1.165, 1.54) is 148 Å². The van der Waals surface area contributed by atoms with Gasteiger partial charge in [-0.15, -0.1) is 0 Å². The number of esters is 3. The molecule has 0 rings (SSSR count). The smallest absolute Gasteiger partial charge is 0.306 e. The van der Waals surface area contributed by atoms with E-state index in [2.05, 4.69) is 32.9 Å². The minimum Gasteiger partial charge on any atom is -0.462 e. The Balaban J connectivity index is 4.32. The van der Waals surface area contributed by atoms with E-state index in [1.54, 1.807) is 0 Å². The van der Waals surface area contributed by atoms with Crippen molar-refractivity contribution in [3.8, 4) is 0 Å². The number of hydrogen-bond donors (Lipinski definition) is 0. The summed E-state index contributed by atoms with van der Waals surface area (Å²) in [5.41, 5.74) is 0. The lowest BCUT2D eigenvalue weighted by Crippen LogP contribution is -2.30. The Morgan fingerprint density at radius 2 is 0.642 bits per heavy atom. The SMILES string of the molecule is CCCC/C=C\CCCCCCCC(=O)OC(COC(=O)CCCCCCCCCCCC)COC(=O)CCCCCCCCCCCCCCCC. The molecule has 0 aromatic carbocycles. The van der Waals surface area contributed by atoms with Crippen LogP contribution in [0.5, 0.6) is 0 Å². The highest BCUT2D eigenvalue weighted by molar-refractivity contribution is 5.71. The molecule has 6 heteroatoms. The molecule has 6 nitrogen and oxygen atoms in total. The normalized spacial score (nSPS) is 12.0. The highest BCUT2D eigenvalue weighted by atomic mass is 16.6. The van der Waals surface area contributed by atoms with E-state index >= 15 is 0 Å². The summed E-state index contributed by atoms with van der Waals surface area (Å²) in [6.45, 7) is 6.59. The molecule has 0 radical (unpaired) electrons. The van der Waals surface area contributed by atoms with Gasteiger partial charge in [-0.1, -0.05) is 206 Å². The molecule has 0 fully saturated rings.